The number of hydrogen-bond donors (Lipinski definition) is 1. The number of carbonyl (C=O) groups excluding carboxylic acids is 1. The molecule has 0 radical (unpaired) electrons. The molecule has 3 aliphatic rings. The van der Waals surface area contributed by atoms with E-state index in [-0.39, 0.29) is 11.3 Å². The second-order valence-corrected chi connectivity index (χ2v) is 10.8. The molecule has 5 rings (SSSR count). The first kappa shape index (κ1) is 23.4. The third-order valence-electron chi connectivity index (χ3n) is 9.15. The zero-order chi connectivity index (χ0) is 23.7. The van der Waals surface area contributed by atoms with Crippen LogP contribution in [0.25, 0.3) is 0 Å². The Morgan fingerprint density at radius 3 is 2.74 bits per heavy atom. The maximum Gasteiger partial charge on any atom is 0.232 e. The molecule has 1 spiro atoms. The monoisotopic (exact) mass is 461 g/mol. The van der Waals surface area contributed by atoms with Crippen LogP contribution >= 0.6 is 0 Å². The molecule has 0 saturated carbocycles. The van der Waals surface area contributed by atoms with Crippen molar-refractivity contribution in [3.63, 3.8) is 0 Å². The van der Waals surface area contributed by atoms with Crippen molar-refractivity contribution in [3.05, 3.63) is 65.2 Å². The number of nitrogens with two attached hydrogens (primary N) is 1. The molecule has 3 heterocycles. The summed E-state index contributed by atoms with van der Waals surface area (Å²) in [5.41, 5.74) is 3.81. The Morgan fingerprint density at radius 2 is 1.97 bits per heavy atom. The third-order valence-corrected chi connectivity index (χ3v) is 9.15. The SMILES string of the molecule is CCC(CC)C1CC(c2ccccc2)CCN1C(=O)[C@@H]1C[NH2+]C[C@]12CCOc1cc(C)ccc12. The van der Waals surface area contributed by atoms with E-state index in [0.29, 0.717) is 30.4 Å². The average Bonchev–Trinajstić information content (AvgIpc) is 3.28. The maximum absolute atomic E-state index is 14.4. The molecule has 4 nitrogen and oxygen atoms in total. The predicted octanol–water partition coefficient (Wildman–Crippen LogP) is 4.42. The van der Waals surface area contributed by atoms with Gasteiger partial charge in [0.25, 0.3) is 0 Å². The molecule has 0 aliphatic carbocycles. The Morgan fingerprint density at radius 1 is 1.18 bits per heavy atom. The Hall–Kier alpha value is -2.33. The van der Waals surface area contributed by atoms with E-state index in [4.69, 9.17) is 4.74 Å². The van der Waals surface area contributed by atoms with Gasteiger partial charge in [-0.25, -0.2) is 0 Å². The van der Waals surface area contributed by atoms with E-state index in [1.165, 1.54) is 16.7 Å². The number of ether oxygens (including phenoxy) is 1. The van der Waals surface area contributed by atoms with E-state index in [1.807, 2.05) is 0 Å². The second-order valence-electron chi connectivity index (χ2n) is 10.8. The highest BCUT2D eigenvalue weighted by Gasteiger charge is 2.55. The van der Waals surface area contributed by atoms with E-state index < -0.39 is 0 Å². The zero-order valence-electron chi connectivity index (χ0n) is 21.1. The predicted molar refractivity (Wildman–Crippen MR) is 136 cm³/mol. The van der Waals surface area contributed by atoms with Crippen LogP contribution in [0.15, 0.2) is 48.5 Å². The molecule has 2 saturated heterocycles. The van der Waals surface area contributed by atoms with E-state index in [0.717, 1.165) is 57.5 Å². The summed E-state index contributed by atoms with van der Waals surface area (Å²) in [7, 11) is 0. The molecular weight excluding hydrogens is 420 g/mol. The summed E-state index contributed by atoms with van der Waals surface area (Å²) in [5.74, 6) is 2.53. The number of carbonyl (C=O) groups is 1. The molecule has 0 bridgehead atoms. The molecule has 2 aromatic carbocycles. The molecule has 2 fully saturated rings. The smallest absolute Gasteiger partial charge is 0.232 e. The molecule has 3 aliphatic heterocycles. The highest BCUT2D eigenvalue weighted by molar-refractivity contribution is 5.82. The van der Waals surface area contributed by atoms with Gasteiger partial charge in [-0.3, -0.25) is 4.79 Å². The first-order valence-electron chi connectivity index (χ1n) is 13.5. The van der Waals surface area contributed by atoms with Crippen molar-refractivity contribution in [2.24, 2.45) is 11.8 Å². The lowest BCUT2D eigenvalue weighted by Crippen LogP contribution is -2.82. The number of rotatable bonds is 5. The summed E-state index contributed by atoms with van der Waals surface area (Å²) < 4.78 is 6.08. The third kappa shape index (κ3) is 4.04. The van der Waals surface area contributed by atoms with Crippen LogP contribution in [0.4, 0.5) is 0 Å². The Balaban J connectivity index is 1.45. The van der Waals surface area contributed by atoms with Gasteiger partial charge in [-0.05, 0) is 55.2 Å². The normalized spacial score (nSPS) is 28.7. The number of likely N-dealkylation sites (tertiary alicyclic amines) is 1. The van der Waals surface area contributed by atoms with Crippen LogP contribution in [0.5, 0.6) is 5.75 Å². The Bertz CT molecular complexity index is 1000. The highest BCUT2D eigenvalue weighted by atomic mass is 16.5. The van der Waals surface area contributed by atoms with Crippen molar-refractivity contribution in [2.45, 2.75) is 70.3 Å². The van der Waals surface area contributed by atoms with Crippen molar-refractivity contribution in [1.82, 2.24) is 4.90 Å². The van der Waals surface area contributed by atoms with Gasteiger partial charge in [0, 0.05) is 18.2 Å². The summed E-state index contributed by atoms with van der Waals surface area (Å²) in [4.78, 5) is 16.7. The van der Waals surface area contributed by atoms with Gasteiger partial charge in [0.15, 0.2) is 0 Å². The summed E-state index contributed by atoms with van der Waals surface area (Å²) in [6.07, 6.45) is 5.35. The van der Waals surface area contributed by atoms with E-state index in [9.17, 15) is 4.79 Å². The number of aryl methyl sites for hydroxylation is 1. The number of quaternary nitrogens is 1. The van der Waals surface area contributed by atoms with Gasteiger partial charge in [0.2, 0.25) is 5.91 Å². The second kappa shape index (κ2) is 9.73. The fourth-order valence-corrected chi connectivity index (χ4v) is 7.20. The van der Waals surface area contributed by atoms with Gasteiger partial charge < -0.3 is 15.0 Å². The summed E-state index contributed by atoms with van der Waals surface area (Å²) >= 11 is 0. The lowest BCUT2D eigenvalue weighted by Gasteiger charge is -2.46. The van der Waals surface area contributed by atoms with E-state index >= 15 is 0 Å². The van der Waals surface area contributed by atoms with Gasteiger partial charge in [-0.15, -0.1) is 0 Å². The average molecular weight is 462 g/mol. The number of hydrogen-bond acceptors (Lipinski definition) is 2. The molecule has 2 unspecified atom stereocenters. The van der Waals surface area contributed by atoms with Crippen LogP contribution in [0.3, 0.4) is 0 Å². The van der Waals surface area contributed by atoms with Gasteiger partial charge in [0.1, 0.15) is 11.7 Å². The lowest BCUT2D eigenvalue weighted by atomic mass is 9.67. The molecule has 34 heavy (non-hydrogen) atoms. The van der Waals surface area contributed by atoms with Crippen molar-refractivity contribution in [2.75, 3.05) is 26.2 Å². The Kier molecular flexibility index (Phi) is 6.70. The fraction of sp³-hybridized carbons (Fsp3) is 0.567. The first-order valence-corrected chi connectivity index (χ1v) is 13.5. The highest BCUT2D eigenvalue weighted by Crippen LogP contribution is 2.46. The quantitative estimate of drug-likeness (QED) is 0.717. The summed E-state index contributed by atoms with van der Waals surface area (Å²) in [5, 5.41) is 2.38. The van der Waals surface area contributed by atoms with Gasteiger partial charge in [0.05, 0.1) is 25.1 Å². The van der Waals surface area contributed by atoms with Crippen LogP contribution in [0.1, 0.15) is 68.6 Å². The molecule has 4 heteroatoms. The minimum Gasteiger partial charge on any atom is -0.493 e. The van der Waals surface area contributed by atoms with Crippen molar-refractivity contribution in [1.29, 1.82) is 0 Å². The molecule has 2 N–H and O–H groups in total. The van der Waals surface area contributed by atoms with Crippen LogP contribution < -0.4 is 10.1 Å². The van der Waals surface area contributed by atoms with Crippen LogP contribution in [0.2, 0.25) is 0 Å². The number of benzene rings is 2. The maximum atomic E-state index is 14.4. The van der Waals surface area contributed by atoms with Gasteiger partial charge in [-0.2, -0.15) is 0 Å². The molecule has 182 valence electrons. The Labute approximate surface area is 205 Å². The first-order chi connectivity index (χ1) is 16.6. The molecule has 4 atom stereocenters. The van der Waals surface area contributed by atoms with E-state index in [2.05, 4.69) is 79.5 Å². The van der Waals surface area contributed by atoms with Gasteiger partial charge >= 0.3 is 0 Å². The van der Waals surface area contributed by atoms with Gasteiger partial charge in [-0.1, -0.05) is 69.2 Å². The van der Waals surface area contributed by atoms with E-state index in [1.54, 1.807) is 0 Å². The number of fused-ring (bicyclic) bond motifs is 2. The molecule has 1 amide bonds. The lowest BCUT2D eigenvalue weighted by molar-refractivity contribution is -0.640. The zero-order valence-corrected chi connectivity index (χ0v) is 21.1. The summed E-state index contributed by atoms with van der Waals surface area (Å²) in [6.45, 7) is 10.2. The largest absolute Gasteiger partial charge is 0.493 e. The molecule has 2 aromatic rings. The summed E-state index contributed by atoms with van der Waals surface area (Å²) in [6, 6.07) is 17.9. The van der Waals surface area contributed by atoms with Crippen molar-refractivity contribution in [3.8, 4) is 5.75 Å². The number of nitrogens with zero attached hydrogens (tertiary/aromatic N) is 1. The van der Waals surface area contributed by atoms with Crippen LogP contribution in [0, 0.1) is 18.8 Å². The number of piperidine rings is 1. The molecular formula is C30H41N2O2+. The fourth-order valence-electron chi connectivity index (χ4n) is 7.20. The molecule has 0 aromatic heterocycles. The van der Waals surface area contributed by atoms with Crippen LogP contribution in [-0.2, 0) is 10.2 Å². The van der Waals surface area contributed by atoms with Crippen LogP contribution in [-0.4, -0.2) is 43.1 Å². The minimum atomic E-state index is -0.104. The van der Waals surface area contributed by atoms with Crippen molar-refractivity contribution >= 4 is 5.91 Å². The standard InChI is InChI=1S/C30H40N2O2/c1-4-22(5-2)27-18-24(23-9-7-6-8-10-23)13-15-32(27)29(33)26-19-31-20-30(26)14-16-34-28-17-21(3)11-12-25(28)30/h6-12,17,22,24,26-27,31H,4-5,13-16,18-20H2,1-3H3/p+1/t24?,26-,27?,30-/m0/s1. The van der Waals surface area contributed by atoms with Crippen molar-refractivity contribution < 1.29 is 14.8 Å². The minimum absolute atomic E-state index is 0.0305. The topological polar surface area (TPSA) is 46.2 Å². The number of amides is 1.